The lowest BCUT2D eigenvalue weighted by Gasteiger charge is -2.54. The molecule has 0 aromatic heterocycles. The van der Waals surface area contributed by atoms with Gasteiger partial charge in [0, 0.05) is 11.1 Å². The maximum absolute atomic E-state index is 15.1. The number of phenolic OH excluding ortho intramolecular Hbond substituents is 1. The normalized spacial score (nSPS) is 23.1. The first-order valence-electron chi connectivity index (χ1n) is 12.5. The minimum absolute atomic E-state index is 0.0244. The molecule has 2 aromatic carbocycles. The van der Waals surface area contributed by atoms with Crippen LogP contribution in [0.4, 0.5) is 26.3 Å². The summed E-state index contributed by atoms with van der Waals surface area (Å²) in [5.74, 6) is -8.49. The number of halogens is 6. The van der Waals surface area contributed by atoms with Crippen molar-refractivity contribution in [1.29, 1.82) is 0 Å². The molecule has 4 atom stereocenters. The third-order valence-electron chi connectivity index (χ3n) is 7.70. The van der Waals surface area contributed by atoms with Crippen molar-refractivity contribution in [3.63, 3.8) is 0 Å². The number of aliphatic hydroxyl groups is 1. The van der Waals surface area contributed by atoms with Crippen LogP contribution < -0.4 is 5.32 Å². The molecule has 2 aromatic rings. The second-order valence-electron chi connectivity index (χ2n) is 10.6. The highest BCUT2D eigenvalue weighted by Crippen LogP contribution is 2.53. The van der Waals surface area contributed by atoms with Crippen molar-refractivity contribution in [3.05, 3.63) is 64.5 Å². The molecule has 0 spiro atoms. The fraction of sp³-hybridized carbons (Fsp3) is 0.444. The third-order valence-corrected chi connectivity index (χ3v) is 7.70. The molecule has 2 saturated heterocycles. The van der Waals surface area contributed by atoms with Crippen molar-refractivity contribution in [2.24, 2.45) is 0 Å². The van der Waals surface area contributed by atoms with Gasteiger partial charge in [0.05, 0.1) is 12.6 Å². The first-order valence-corrected chi connectivity index (χ1v) is 12.5. The number of carbonyl (C=O) groups is 3. The van der Waals surface area contributed by atoms with Gasteiger partial charge in [0.25, 0.3) is 17.7 Å². The molecule has 2 fully saturated rings. The molecule has 2 heterocycles. The number of amides is 3. The number of carbonyl (C=O) groups excluding carboxylic acids is 3. The number of β-lactam (4-membered cyclic amide) rings is 1. The lowest BCUT2D eigenvalue weighted by atomic mass is 9.78. The van der Waals surface area contributed by atoms with E-state index in [9.17, 15) is 42.2 Å². The zero-order valence-electron chi connectivity index (χ0n) is 22.1. The SMILES string of the molecule is Cc1cc(O)c(C)c(C(=O)N[C@@H](Cc2cccc(F)c2)[C@H](O)C(=O)N2CC(F)(F)C3(C)C2C(=O)N3CC(F)(F)F)c1. The van der Waals surface area contributed by atoms with Gasteiger partial charge in [-0.3, -0.25) is 14.4 Å². The van der Waals surface area contributed by atoms with Crippen LogP contribution in [0, 0.1) is 19.7 Å². The maximum atomic E-state index is 15.1. The fourth-order valence-corrected chi connectivity index (χ4v) is 5.45. The van der Waals surface area contributed by atoms with Crippen LogP contribution in [0.5, 0.6) is 5.75 Å². The van der Waals surface area contributed by atoms with E-state index < -0.39 is 72.5 Å². The summed E-state index contributed by atoms with van der Waals surface area (Å²) in [5, 5.41) is 23.6. The Morgan fingerprint density at radius 3 is 2.44 bits per heavy atom. The summed E-state index contributed by atoms with van der Waals surface area (Å²) in [6.07, 6.45) is -7.60. The van der Waals surface area contributed by atoms with Gasteiger partial charge in [0.15, 0.2) is 6.10 Å². The number of rotatable bonds is 7. The lowest BCUT2D eigenvalue weighted by Crippen LogP contribution is -2.79. The molecule has 0 radical (unpaired) electrons. The first kappa shape index (κ1) is 30.2. The maximum Gasteiger partial charge on any atom is 0.406 e. The van der Waals surface area contributed by atoms with Gasteiger partial charge in [0.2, 0.25) is 5.91 Å². The second-order valence-corrected chi connectivity index (χ2v) is 10.6. The van der Waals surface area contributed by atoms with E-state index in [2.05, 4.69) is 5.32 Å². The van der Waals surface area contributed by atoms with Crippen LogP contribution in [0.2, 0.25) is 0 Å². The number of hydrogen-bond donors (Lipinski definition) is 3. The van der Waals surface area contributed by atoms with E-state index >= 15 is 8.78 Å². The predicted octanol–water partition coefficient (Wildman–Crippen LogP) is 2.86. The lowest BCUT2D eigenvalue weighted by molar-refractivity contribution is -0.220. The van der Waals surface area contributed by atoms with Crippen LogP contribution in [0.15, 0.2) is 36.4 Å². The number of phenols is 1. The molecule has 4 rings (SSSR count). The van der Waals surface area contributed by atoms with Crippen LogP contribution in [-0.2, 0) is 16.0 Å². The Bertz CT molecular complexity index is 1400. The quantitative estimate of drug-likeness (QED) is 0.341. The van der Waals surface area contributed by atoms with E-state index in [1.165, 1.54) is 31.2 Å². The summed E-state index contributed by atoms with van der Waals surface area (Å²) in [5.41, 5.74) is -1.82. The highest BCUT2D eigenvalue weighted by Gasteiger charge is 2.78. The Labute approximate surface area is 230 Å². The second kappa shape index (κ2) is 10.2. The van der Waals surface area contributed by atoms with Gasteiger partial charge in [-0.25, -0.2) is 13.2 Å². The smallest absolute Gasteiger partial charge is 0.406 e. The Hall–Kier alpha value is -3.81. The number of hydrogen-bond acceptors (Lipinski definition) is 5. The number of aryl methyl sites for hydroxylation is 1. The summed E-state index contributed by atoms with van der Waals surface area (Å²) in [6.45, 7) is 0.384. The van der Waals surface area contributed by atoms with Gasteiger partial charge in [-0.15, -0.1) is 0 Å². The zero-order valence-corrected chi connectivity index (χ0v) is 22.1. The average molecular weight is 588 g/mol. The van der Waals surface area contributed by atoms with Gasteiger partial charge in [-0.05, 0) is 62.6 Å². The van der Waals surface area contributed by atoms with Crippen molar-refractivity contribution < 1.29 is 50.9 Å². The minimum atomic E-state index is -4.97. The van der Waals surface area contributed by atoms with E-state index in [1.807, 2.05) is 0 Å². The number of nitrogens with zero attached hydrogens (tertiary/aromatic N) is 2. The third kappa shape index (κ3) is 5.32. The number of alkyl halides is 5. The number of aromatic hydroxyl groups is 1. The predicted molar refractivity (Wildman–Crippen MR) is 132 cm³/mol. The number of likely N-dealkylation sites (tertiary alicyclic amines) is 2. The summed E-state index contributed by atoms with van der Waals surface area (Å²) in [7, 11) is 0. The topological polar surface area (TPSA) is 110 Å². The average Bonchev–Trinajstić information content (AvgIpc) is 3.06. The highest BCUT2D eigenvalue weighted by atomic mass is 19.4. The van der Waals surface area contributed by atoms with E-state index in [-0.39, 0.29) is 33.8 Å². The van der Waals surface area contributed by atoms with Crippen molar-refractivity contribution >= 4 is 17.7 Å². The van der Waals surface area contributed by atoms with Crippen LogP contribution >= 0.6 is 0 Å². The van der Waals surface area contributed by atoms with Gasteiger partial charge in [-0.1, -0.05) is 12.1 Å². The molecule has 222 valence electrons. The zero-order chi connectivity index (χ0) is 30.7. The molecule has 2 unspecified atom stereocenters. The van der Waals surface area contributed by atoms with Crippen molar-refractivity contribution in [1.82, 2.24) is 15.1 Å². The first-order chi connectivity index (χ1) is 18.9. The van der Waals surface area contributed by atoms with Crippen molar-refractivity contribution in [2.45, 2.75) is 63.0 Å². The van der Waals surface area contributed by atoms with Gasteiger partial charge >= 0.3 is 6.18 Å². The van der Waals surface area contributed by atoms with E-state index in [0.29, 0.717) is 10.5 Å². The van der Waals surface area contributed by atoms with Crippen LogP contribution in [0.25, 0.3) is 0 Å². The summed E-state index contributed by atoms with van der Waals surface area (Å²) in [4.78, 5) is 39.4. The Morgan fingerprint density at radius 2 is 1.83 bits per heavy atom. The van der Waals surface area contributed by atoms with Gasteiger partial charge in [-0.2, -0.15) is 13.2 Å². The molecule has 2 aliphatic heterocycles. The number of aliphatic hydroxyl groups excluding tert-OH is 1. The number of benzene rings is 2. The van der Waals surface area contributed by atoms with E-state index in [1.54, 1.807) is 6.92 Å². The Balaban J connectivity index is 1.64. The highest BCUT2D eigenvalue weighted by molar-refractivity contribution is 5.99. The molecular weight excluding hydrogens is 560 g/mol. The fourth-order valence-electron chi connectivity index (χ4n) is 5.45. The molecule has 0 saturated carbocycles. The summed E-state index contributed by atoms with van der Waals surface area (Å²) < 4.78 is 83.0. The molecular formula is C27H27F6N3O5. The monoisotopic (exact) mass is 587 g/mol. The minimum Gasteiger partial charge on any atom is -0.508 e. The Morgan fingerprint density at radius 1 is 1.17 bits per heavy atom. The van der Waals surface area contributed by atoms with Crippen LogP contribution in [-0.4, -0.2) is 86.6 Å². The molecule has 41 heavy (non-hydrogen) atoms. The van der Waals surface area contributed by atoms with Crippen molar-refractivity contribution in [2.75, 3.05) is 13.1 Å². The van der Waals surface area contributed by atoms with Crippen molar-refractivity contribution in [3.8, 4) is 5.75 Å². The van der Waals surface area contributed by atoms with E-state index in [4.69, 9.17) is 0 Å². The molecule has 2 aliphatic rings. The molecule has 0 bridgehead atoms. The van der Waals surface area contributed by atoms with Gasteiger partial charge < -0.3 is 25.3 Å². The summed E-state index contributed by atoms with van der Waals surface area (Å²) >= 11 is 0. The van der Waals surface area contributed by atoms with Crippen LogP contribution in [0.1, 0.15) is 34.0 Å². The number of fused-ring (bicyclic) bond motifs is 1. The van der Waals surface area contributed by atoms with Gasteiger partial charge in [0.1, 0.15) is 29.7 Å². The molecule has 3 N–H and O–H groups in total. The molecule has 0 aliphatic carbocycles. The molecule has 8 nitrogen and oxygen atoms in total. The van der Waals surface area contributed by atoms with Crippen LogP contribution in [0.3, 0.4) is 0 Å². The van der Waals surface area contributed by atoms with E-state index in [0.717, 1.165) is 19.1 Å². The molecule has 14 heteroatoms. The Kier molecular flexibility index (Phi) is 7.52. The molecule has 3 amide bonds. The summed E-state index contributed by atoms with van der Waals surface area (Å²) in [6, 6.07) is 4.22. The largest absolute Gasteiger partial charge is 0.508 e. The number of nitrogens with one attached hydrogen (secondary N) is 1. The standard InChI is InChI=1S/C27H27F6N3O5/c1-13-7-17(14(2)19(37)8-13)22(39)34-18(10-15-5-4-6-16(28)9-15)20(38)23(40)35-11-26(29,30)25(3)21(35)24(41)36(25)12-27(31,32)33/h4-9,18,20-21,37-38H,10-12H2,1-3H3,(H,34,39)/t18-,20-,21?,25?/m0/s1.